The van der Waals surface area contributed by atoms with Gasteiger partial charge in [-0.25, -0.2) is 0 Å². The Labute approximate surface area is 119 Å². The van der Waals surface area contributed by atoms with E-state index in [9.17, 15) is 13.2 Å². The molecule has 2 rings (SSSR count). The van der Waals surface area contributed by atoms with E-state index >= 15 is 0 Å². The minimum absolute atomic E-state index is 0.211. The van der Waals surface area contributed by atoms with Crippen molar-refractivity contribution >= 4 is 22.5 Å². The summed E-state index contributed by atoms with van der Waals surface area (Å²) in [6.45, 7) is 0.853. The largest absolute Gasteiger partial charge is 0.406 e. The number of aromatic nitrogens is 1. The zero-order chi connectivity index (χ0) is 14.9. The van der Waals surface area contributed by atoms with Crippen LogP contribution in [0.15, 0.2) is 18.2 Å². The molecule has 1 aromatic heterocycles. The Morgan fingerprint density at radius 3 is 2.60 bits per heavy atom. The number of aryl methyl sites for hydroxylation is 1. The second kappa shape index (κ2) is 5.37. The minimum Gasteiger partial charge on any atom is -0.335 e. The second-order valence-corrected chi connectivity index (χ2v) is 4.94. The van der Waals surface area contributed by atoms with Crippen molar-refractivity contribution < 1.29 is 13.2 Å². The number of benzene rings is 1. The van der Waals surface area contributed by atoms with Gasteiger partial charge in [0.25, 0.3) is 0 Å². The van der Waals surface area contributed by atoms with Crippen LogP contribution in [-0.2, 0) is 13.0 Å². The topological polar surface area (TPSA) is 28.7 Å². The van der Waals surface area contributed by atoms with Gasteiger partial charge in [-0.3, -0.25) is 0 Å². The third kappa shape index (κ3) is 2.75. The summed E-state index contributed by atoms with van der Waals surface area (Å²) in [5, 5.41) is 9.63. The van der Waals surface area contributed by atoms with Crippen molar-refractivity contribution in [2.45, 2.75) is 32.5 Å². The number of rotatable bonds is 3. The quantitative estimate of drug-likeness (QED) is 0.809. The molecule has 0 radical (unpaired) electrons. The molecular formula is C14H12ClF3N2. The normalized spacial score (nSPS) is 11.8. The maximum absolute atomic E-state index is 12.7. The van der Waals surface area contributed by atoms with Crippen LogP contribution in [0.3, 0.4) is 0 Å². The molecule has 0 aliphatic rings. The maximum Gasteiger partial charge on any atom is 0.406 e. The summed E-state index contributed by atoms with van der Waals surface area (Å²) in [7, 11) is 0. The first-order chi connectivity index (χ1) is 9.37. The van der Waals surface area contributed by atoms with Crippen LogP contribution >= 0.6 is 11.6 Å². The van der Waals surface area contributed by atoms with Crippen LogP contribution < -0.4 is 0 Å². The molecule has 0 aliphatic carbocycles. The average molecular weight is 301 g/mol. The van der Waals surface area contributed by atoms with Crippen LogP contribution in [0.25, 0.3) is 10.9 Å². The Morgan fingerprint density at radius 2 is 2.05 bits per heavy atom. The van der Waals surface area contributed by atoms with Crippen molar-refractivity contribution in [1.82, 2.24) is 4.57 Å². The summed E-state index contributed by atoms with van der Waals surface area (Å²) in [5.74, 6) is 0. The first kappa shape index (κ1) is 14.7. The van der Waals surface area contributed by atoms with Gasteiger partial charge in [-0.2, -0.15) is 18.4 Å². The highest BCUT2D eigenvalue weighted by atomic mass is 35.5. The van der Waals surface area contributed by atoms with Crippen LogP contribution in [0, 0.1) is 11.3 Å². The van der Waals surface area contributed by atoms with E-state index in [0.29, 0.717) is 23.0 Å². The molecule has 0 saturated heterocycles. The lowest BCUT2D eigenvalue weighted by atomic mass is 10.1. The Kier molecular flexibility index (Phi) is 3.96. The van der Waals surface area contributed by atoms with Gasteiger partial charge < -0.3 is 4.57 Å². The zero-order valence-corrected chi connectivity index (χ0v) is 11.5. The van der Waals surface area contributed by atoms with Crippen molar-refractivity contribution in [1.29, 1.82) is 5.26 Å². The van der Waals surface area contributed by atoms with Crippen molar-refractivity contribution in [3.05, 3.63) is 34.5 Å². The van der Waals surface area contributed by atoms with Gasteiger partial charge in [0.05, 0.1) is 16.1 Å². The van der Waals surface area contributed by atoms with Crippen LogP contribution in [-0.4, -0.2) is 10.7 Å². The maximum atomic E-state index is 12.7. The number of nitrogens with zero attached hydrogens (tertiary/aromatic N) is 2. The average Bonchev–Trinajstić information content (AvgIpc) is 2.68. The van der Waals surface area contributed by atoms with E-state index in [4.69, 9.17) is 16.9 Å². The molecule has 0 bridgehead atoms. The fourth-order valence-corrected chi connectivity index (χ4v) is 2.53. The first-order valence-electron chi connectivity index (χ1n) is 6.15. The number of halogens is 4. The number of hydrogen-bond acceptors (Lipinski definition) is 1. The molecule has 2 aromatic rings. The number of nitriles is 1. The highest BCUT2D eigenvalue weighted by Crippen LogP contribution is 2.32. The van der Waals surface area contributed by atoms with Crippen LogP contribution in [0.4, 0.5) is 13.2 Å². The third-order valence-corrected chi connectivity index (χ3v) is 3.48. The number of hydrogen-bond donors (Lipinski definition) is 0. The fraction of sp³-hybridized carbons (Fsp3) is 0.357. The van der Waals surface area contributed by atoms with E-state index in [1.165, 1.54) is 16.7 Å². The van der Waals surface area contributed by atoms with Crippen molar-refractivity contribution in [3.8, 4) is 6.07 Å². The van der Waals surface area contributed by atoms with Gasteiger partial charge in [0.1, 0.15) is 12.6 Å². The Hall–Kier alpha value is -1.67. The predicted octanol–water partition coefficient (Wildman–Crippen LogP) is 4.68. The van der Waals surface area contributed by atoms with Gasteiger partial charge in [0, 0.05) is 11.1 Å². The van der Waals surface area contributed by atoms with Crippen LogP contribution in [0.2, 0.25) is 5.02 Å². The molecule has 1 heterocycles. The second-order valence-electron chi connectivity index (χ2n) is 4.56. The molecule has 6 heteroatoms. The van der Waals surface area contributed by atoms with Crippen LogP contribution in [0.1, 0.15) is 24.6 Å². The van der Waals surface area contributed by atoms with Gasteiger partial charge in [-0.05, 0) is 24.6 Å². The molecule has 2 nitrogen and oxygen atoms in total. The van der Waals surface area contributed by atoms with Gasteiger partial charge in [0.2, 0.25) is 0 Å². The standard InChI is InChI=1S/C14H12ClF3N2/c1-2-3-10-6-11-12(20(10)8-14(16,17)18)5-4-9(7-19)13(11)15/h4-6H,2-3,8H2,1H3. The van der Waals surface area contributed by atoms with Gasteiger partial charge in [0.15, 0.2) is 0 Å². The molecule has 0 aliphatic heterocycles. The SMILES string of the molecule is CCCc1cc2c(Cl)c(C#N)ccc2n1CC(F)(F)F. The predicted molar refractivity (Wildman–Crippen MR) is 71.7 cm³/mol. The molecule has 0 atom stereocenters. The smallest absolute Gasteiger partial charge is 0.335 e. The van der Waals surface area contributed by atoms with Gasteiger partial charge in [-0.1, -0.05) is 24.9 Å². The summed E-state index contributed by atoms with van der Waals surface area (Å²) in [4.78, 5) is 0. The summed E-state index contributed by atoms with van der Waals surface area (Å²) in [6.07, 6.45) is -3.03. The molecule has 0 spiro atoms. The molecule has 0 fully saturated rings. The van der Waals surface area contributed by atoms with E-state index in [1.54, 1.807) is 6.07 Å². The number of alkyl halides is 3. The molecule has 106 valence electrons. The lowest BCUT2D eigenvalue weighted by Crippen LogP contribution is -2.19. The van der Waals surface area contributed by atoms with E-state index in [0.717, 1.165) is 6.42 Å². The van der Waals surface area contributed by atoms with Gasteiger partial charge >= 0.3 is 6.18 Å². The Morgan fingerprint density at radius 1 is 1.35 bits per heavy atom. The molecule has 1 aromatic carbocycles. The highest BCUT2D eigenvalue weighted by molar-refractivity contribution is 6.36. The lowest BCUT2D eigenvalue weighted by Gasteiger charge is -2.13. The lowest BCUT2D eigenvalue weighted by molar-refractivity contribution is -0.140. The van der Waals surface area contributed by atoms with Gasteiger partial charge in [-0.15, -0.1) is 0 Å². The molecule has 0 N–H and O–H groups in total. The Bertz CT molecular complexity index is 680. The molecule has 0 saturated carbocycles. The minimum atomic E-state index is -4.30. The van der Waals surface area contributed by atoms with E-state index < -0.39 is 12.7 Å². The van der Waals surface area contributed by atoms with E-state index in [1.807, 2.05) is 13.0 Å². The Balaban J connectivity index is 2.67. The zero-order valence-electron chi connectivity index (χ0n) is 10.8. The highest BCUT2D eigenvalue weighted by Gasteiger charge is 2.30. The molecular weight excluding hydrogens is 289 g/mol. The monoisotopic (exact) mass is 300 g/mol. The van der Waals surface area contributed by atoms with E-state index in [2.05, 4.69) is 0 Å². The summed E-state index contributed by atoms with van der Waals surface area (Å²) < 4.78 is 39.3. The summed E-state index contributed by atoms with van der Waals surface area (Å²) in [6, 6.07) is 6.55. The summed E-state index contributed by atoms with van der Waals surface area (Å²) >= 11 is 6.08. The first-order valence-corrected chi connectivity index (χ1v) is 6.52. The molecule has 20 heavy (non-hydrogen) atoms. The van der Waals surface area contributed by atoms with Crippen molar-refractivity contribution in [2.24, 2.45) is 0 Å². The molecule has 0 amide bonds. The van der Waals surface area contributed by atoms with Crippen LogP contribution in [0.5, 0.6) is 0 Å². The molecule has 0 unspecified atom stereocenters. The van der Waals surface area contributed by atoms with Crippen molar-refractivity contribution in [3.63, 3.8) is 0 Å². The van der Waals surface area contributed by atoms with Crippen molar-refractivity contribution in [2.75, 3.05) is 0 Å². The summed E-state index contributed by atoms with van der Waals surface area (Å²) in [5.41, 5.74) is 1.26. The third-order valence-electron chi connectivity index (χ3n) is 3.07. The number of fused-ring (bicyclic) bond motifs is 1. The fourth-order valence-electron chi connectivity index (χ4n) is 2.27. The van der Waals surface area contributed by atoms with E-state index in [-0.39, 0.29) is 10.6 Å².